The number of carbonyl (C=O) groups is 1. The van der Waals surface area contributed by atoms with E-state index in [1.54, 1.807) is 18.2 Å². The highest BCUT2D eigenvalue weighted by Gasteiger charge is 2.22. The van der Waals surface area contributed by atoms with E-state index >= 15 is 0 Å². The number of sulfonamides is 1. The van der Waals surface area contributed by atoms with Crippen molar-refractivity contribution in [1.82, 2.24) is 8.87 Å². The minimum Gasteiger partial charge on any atom is -0.341 e. The van der Waals surface area contributed by atoms with Crippen molar-refractivity contribution in [1.29, 1.82) is 0 Å². The van der Waals surface area contributed by atoms with Crippen LogP contribution in [0.1, 0.15) is 6.92 Å². The molecule has 1 aromatic heterocycles. The Hall–Kier alpha value is -3.16. The molecule has 4 rings (SSSR count). The van der Waals surface area contributed by atoms with Gasteiger partial charge in [-0.3, -0.25) is 4.79 Å². The summed E-state index contributed by atoms with van der Waals surface area (Å²) in [7, 11) is -2.32. The van der Waals surface area contributed by atoms with Crippen LogP contribution in [0.2, 0.25) is 0 Å². The maximum absolute atomic E-state index is 12.6. The maximum atomic E-state index is 12.6. The monoisotopic (exact) mass is 421 g/mol. The molecule has 0 radical (unpaired) electrons. The van der Waals surface area contributed by atoms with Crippen LogP contribution in [-0.4, -0.2) is 36.8 Å². The van der Waals surface area contributed by atoms with Gasteiger partial charge in [0.25, 0.3) is 0 Å². The topological polar surface area (TPSA) is 71.4 Å². The van der Waals surface area contributed by atoms with Crippen molar-refractivity contribution in [3.05, 3.63) is 72.8 Å². The minimum atomic E-state index is -3.72. The number of carbonyl (C=O) groups excluding carboxylic acids is 1. The summed E-state index contributed by atoms with van der Waals surface area (Å²) in [6.45, 7) is 2.68. The first-order chi connectivity index (χ1) is 14.4. The highest BCUT2D eigenvalue weighted by molar-refractivity contribution is 7.89. The van der Waals surface area contributed by atoms with Crippen molar-refractivity contribution in [3.63, 3.8) is 0 Å². The number of nitrogens with one attached hydrogen (secondary N) is 1. The molecule has 0 saturated carbocycles. The van der Waals surface area contributed by atoms with Gasteiger partial charge >= 0.3 is 0 Å². The summed E-state index contributed by atoms with van der Waals surface area (Å²) >= 11 is 0. The fraction of sp³-hybridized carbons (Fsp3) is 0.174. The third-order valence-corrected chi connectivity index (χ3v) is 7.01. The first kappa shape index (κ1) is 20.1. The van der Waals surface area contributed by atoms with Crippen LogP contribution < -0.4 is 5.32 Å². The standard InChI is InChI=1S/C23H23N3O3S/c1-3-26-21-12-8-7-11-19(21)20-15-17(13-14-22(20)26)24-23(27)16-25(2)30(28,29)18-9-5-4-6-10-18/h4-15H,3,16H2,1-2H3,(H,24,27). The molecule has 1 amide bonds. The lowest BCUT2D eigenvalue weighted by Gasteiger charge is -2.17. The number of hydrogen-bond donors (Lipinski definition) is 1. The molecule has 0 spiro atoms. The average Bonchev–Trinajstić information content (AvgIpc) is 3.07. The SMILES string of the molecule is CCn1c2ccccc2c2cc(NC(=O)CN(C)S(=O)(=O)c3ccccc3)ccc21. The van der Waals surface area contributed by atoms with E-state index in [-0.39, 0.29) is 11.4 Å². The Balaban J connectivity index is 1.57. The predicted octanol–water partition coefficient (Wildman–Crippen LogP) is 4.07. The molecule has 154 valence electrons. The number of rotatable bonds is 6. The van der Waals surface area contributed by atoms with Gasteiger partial charge in [-0.05, 0) is 43.3 Å². The van der Waals surface area contributed by atoms with Crippen LogP contribution in [0.5, 0.6) is 0 Å². The van der Waals surface area contributed by atoms with Crippen molar-refractivity contribution in [2.45, 2.75) is 18.4 Å². The van der Waals surface area contributed by atoms with Crippen molar-refractivity contribution in [2.75, 3.05) is 18.9 Å². The molecule has 7 heteroatoms. The number of hydrogen-bond acceptors (Lipinski definition) is 3. The van der Waals surface area contributed by atoms with Gasteiger partial charge in [0.1, 0.15) is 0 Å². The molecule has 4 aromatic rings. The van der Waals surface area contributed by atoms with Crippen molar-refractivity contribution in [3.8, 4) is 0 Å². The first-order valence-electron chi connectivity index (χ1n) is 9.74. The van der Waals surface area contributed by atoms with Gasteiger partial charge < -0.3 is 9.88 Å². The zero-order valence-electron chi connectivity index (χ0n) is 16.9. The number of fused-ring (bicyclic) bond motifs is 3. The summed E-state index contributed by atoms with van der Waals surface area (Å²) in [5.41, 5.74) is 2.88. The molecular weight excluding hydrogens is 398 g/mol. The predicted molar refractivity (Wildman–Crippen MR) is 120 cm³/mol. The van der Waals surface area contributed by atoms with Crippen LogP contribution in [0.3, 0.4) is 0 Å². The van der Waals surface area contributed by atoms with Gasteiger partial charge in [0.2, 0.25) is 15.9 Å². The van der Waals surface area contributed by atoms with E-state index in [1.165, 1.54) is 19.2 Å². The second-order valence-corrected chi connectivity index (χ2v) is 9.16. The fourth-order valence-electron chi connectivity index (χ4n) is 3.73. The maximum Gasteiger partial charge on any atom is 0.243 e. The highest BCUT2D eigenvalue weighted by atomic mass is 32.2. The molecule has 0 aliphatic heterocycles. The molecule has 0 unspecified atom stereocenters. The Labute approximate surface area is 175 Å². The molecule has 0 bridgehead atoms. The van der Waals surface area contributed by atoms with Crippen LogP contribution in [0.15, 0.2) is 77.7 Å². The van der Waals surface area contributed by atoms with Gasteiger partial charge in [-0.1, -0.05) is 36.4 Å². The number of benzene rings is 3. The van der Waals surface area contributed by atoms with Crippen LogP contribution in [-0.2, 0) is 21.4 Å². The number of likely N-dealkylation sites (N-methyl/N-ethyl adjacent to an activating group) is 1. The first-order valence-corrected chi connectivity index (χ1v) is 11.2. The van der Waals surface area contributed by atoms with Gasteiger partial charge in [0.05, 0.1) is 11.4 Å². The lowest BCUT2D eigenvalue weighted by molar-refractivity contribution is -0.116. The van der Waals surface area contributed by atoms with E-state index in [2.05, 4.69) is 28.9 Å². The van der Waals surface area contributed by atoms with E-state index in [0.29, 0.717) is 5.69 Å². The largest absolute Gasteiger partial charge is 0.341 e. The third-order valence-electron chi connectivity index (χ3n) is 5.19. The molecule has 3 aromatic carbocycles. The molecule has 0 saturated heterocycles. The lowest BCUT2D eigenvalue weighted by Crippen LogP contribution is -2.34. The smallest absolute Gasteiger partial charge is 0.243 e. The minimum absolute atomic E-state index is 0.161. The van der Waals surface area contributed by atoms with E-state index in [0.717, 1.165) is 32.7 Å². The molecule has 30 heavy (non-hydrogen) atoms. The number of aromatic nitrogens is 1. The van der Waals surface area contributed by atoms with Crippen LogP contribution in [0, 0.1) is 0 Å². The molecule has 6 nitrogen and oxygen atoms in total. The van der Waals surface area contributed by atoms with Gasteiger partial charge in [-0.15, -0.1) is 0 Å². The molecular formula is C23H23N3O3S. The zero-order valence-corrected chi connectivity index (χ0v) is 17.7. The molecule has 1 N–H and O–H groups in total. The van der Waals surface area contributed by atoms with Gasteiger partial charge in [-0.25, -0.2) is 8.42 Å². The van der Waals surface area contributed by atoms with Crippen LogP contribution in [0.25, 0.3) is 21.8 Å². The summed E-state index contributed by atoms with van der Waals surface area (Å²) in [6.07, 6.45) is 0. The third kappa shape index (κ3) is 3.58. The number of anilines is 1. The normalized spacial score (nSPS) is 12.0. The quantitative estimate of drug-likeness (QED) is 0.510. The van der Waals surface area contributed by atoms with Gasteiger partial charge in [0.15, 0.2) is 0 Å². The Bertz CT molecular complexity index is 1330. The van der Waals surface area contributed by atoms with E-state index in [1.807, 2.05) is 30.3 Å². The molecule has 0 atom stereocenters. The lowest BCUT2D eigenvalue weighted by atomic mass is 10.1. The average molecular weight is 422 g/mol. The van der Waals surface area contributed by atoms with Crippen LogP contribution in [0.4, 0.5) is 5.69 Å². The molecule has 0 aliphatic carbocycles. The summed E-state index contributed by atoms with van der Waals surface area (Å²) in [6, 6.07) is 22.0. The summed E-state index contributed by atoms with van der Waals surface area (Å²) in [5, 5.41) is 5.00. The Morgan fingerprint density at radius 1 is 0.933 bits per heavy atom. The summed E-state index contributed by atoms with van der Waals surface area (Å²) < 4.78 is 28.5. The van der Waals surface area contributed by atoms with E-state index in [4.69, 9.17) is 0 Å². The highest BCUT2D eigenvalue weighted by Crippen LogP contribution is 2.31. The Morgan fingerprint density at radius 2 is 1.60 bits per heavy atom. The van der Waals surface area contributed by atoms with E-state index < -0.39 is 15.9 Å². The van der Waals surface area contributed by atoms with E-state index in [9.17, 15) is 13.2 Å². The number of amides is 1. The molecule has 0 aliphatic rings. The Kier molecular flexibility index (Phi) is 5.32. The number of para-hydroxylation sites is 1. The van der Waals surface area contributed by atoms with Gasteiger partial charge in [0, 0.05) is 41.1 Å². The summed E-state index contributed by atoms with van der Waals surface area (Å²) in [5.74, 6) is -0.393. The van der Waals surface area contributed by atoms with Crippen molar-refractivity contribution >= 4 is 43.4 Å². The summed E-state index contributed by atoms with van der Waals surface area (Å²) in [4.78, 5) is 12.7. The number of nitrogens with zero attached hydrogens (tertiary/aromatic N) is 2. The second-order valence-electron chi connectivity index (χ2n) is 7.12. The fourth-order valence-corrected chi connectivity index (χ4v) is 4.88. The second kappa shape index (κ2) is 7.93. The zero-order chi connectivity index (χ0) is 21.3. The van der Waals surface area contributed by atoms with Crippen molar-refractivity contribution in [2.24, 2.45) is 0 Å². The van der Waals surface area contributed by atoms with Gasteiger partial charge in [-0.2, -0.15) is 4.31 Å². The number of aryl methyl sites for hydroxylation is 1. The van der Waals surface area contributed by atoms with Crippen LogP contribution >= 0.6 is 0 Å². The Morgan fingerprint density at radius 3 is 2.33 bits per heavy atom. The molecule has 0 fully saturated rings. The molecule has 1 heterocycles. The van der Waals surface area contributed by atoms with Crippen molar-refractivity contribution < 1.29 is 13.2 Å².